The van der Waals surface area contributed by atoms with Gasteiger partial charge in [0.15, 0.2) is 5.13 Å². The Labute approximate surface area is 133 Å². The SMILES string of the molecule is CC(c1ccc(-n2cncn2)cc1)N(C)Cc1cnc(N)s1. The lowest BCUT2D eigenvalue weighted by atomic mass is 10.1. The van der Waals surface area contributed by atoms with Gasteiger partial charge in [0.05, 0.1) is 5.69 Å². The predicted octanol–water partition coefficient (Wildman–Crippen LogP) is 2.50. The monoisotopic (exact) mass is 314 g/mol. The number of anilines is 1. The Bertz CT molecular complexity index is 719. The summed E-state index contributed by atoms with van der Waals surface area (Å²) in [7, 11) is 2.10. The van der Waals surface area contributed by atoms with E-state index in [-0.39, 0.29) is 0 Å². The van der Waals surface area contributed by atoms with Crippen LogP contribution in [-0.4, -0.2) is 31.7 Å². The van der Waals surface area contributed by atoms with Crippen LogP contribution >= 0.6 is 11.3 Å². The molecular weight excluding hydrogens is 296 g/mol. The van der Waals surface area contributed by atoms with Crippen LogP contribution in [0.3, 0.4) is 0 Å². The molecule has 1 aromatic carbocycles. The van der Waals surface area contributed by atoms with Gasteiger partial charge in [-0.05, 0) is 31.7 Å². The largest absolute Gasteiger partial charge is 0.375 e. The minimum absolute atomic E-state index is 0.299. The quantitative estimate of drug-likeness (QED) is 0.783. The summed E-state index contributed by atoms with van der Waals surface area (Å²) in [6.45, 7) is 3.02. The molecule has 1 atom stereocenters. The van der Waals surface area contributed by atoms with Gasteiger partial charge in [-0.25, -0.2) is 14.6 Å². The molecular formula is C15H18N6S. The zero-order valence-electron chi connectivity index (χ0n) is 12.5. The van der Waals surface area contributed by atoms with E-state index in [1.807, 2.05) is 6.20 Å². The smallest absolute Gasteiger partial charge is 0.180 e. The van der Waals surface area contributed by atoms with Crippen molar-refractivity contribution in [2.75, 3.05) is 12.8 Å². The van der Waals surface area contributed by atoms with Crippen LogP contribution in [0, 0.1) is 0 Å². The summed E-state index contributed by atoms with van der Waals surface area (Å²) in [5.74, 6) is 0. The Morgan fingerprint density at radius 2 is 2.09 bits per heavy atom. The van der Waals surface area contributed by atoms with Crippen LogP contribution in [0.2, 0.25) is 0 Å². The molecule has 0 aliphatic carbocycles. The van der Waals surface area contributed by atoms with E-state index in [9.17, 15) is 0 Å². The van der Waals surface area contributed by atoms with E-state index in [2.05, 4.69) is 58.2 Å². The summed E-state index contributed by atoms with van der Waals surface area (Å²) in [4.78, 5) is 11.5. The van der Waals surface area contributed by atoms with Crippen LogP contribution in [0.4, 0.5) is 5.13 Å². The van der Waals surface area contributed by atoms with Crippen molar-refractivity contribution < 1.29 is 0 Å². The summed E-state index contributed by atoms with van der Waals surface area (Å²) in [6, 6.07) is 8.66. The fraction of sp³-hybridized carbons (Fsp3) is 0.267. The summed E-state index contributed by atoms with van der Waals surface area (Å²) in [5, 5.41) is 4.75. The molecule has 0 fully saturated rings. The Morgan fingerprint density at radius 1 is 1.32 bits per heavy atom. The van der Waals surface area contributed by atoms with Crippen LogP contribution in [0.25, 0.3) is 5.69 Å². The maximum Gasteiger partial charge on any atom is 0.180 e. The lowest BCUT2D eigenvalue weighted by molar-refractivity contribution is 0.255. The number of rotatable bonds is 5. The zero-order valence-corrected chi connectivity index (χ0v) is 13.4. The Hall–Kier alpha value is -2.25. The second kappa shape index (κ2) is 6.25. The molecule has 2 aromatic heterocycles. The van der Waals surface area contributed by atoms with E-state index in [4.69, 9.17) is 5.73 Å². The van der Waals surface area contributed by atoms with Crippen molar-refractivity contribution in [2.24, 2.45) is 0 Å². The maximum atomic E-state index is 5.68. The van der Waals surface area contributed by atoms with Crippen molar-refractivity contribution in [3.63, 3.8) is 0 Å². The molecule has 0 aliphatic heterocycles. The number of thiazole rings is 1. The van der Waals surface area contributed by atoms with Gasteiger partial charge in [0.2, 0.25) is 0 Å². The molecule has 0 saturated heterocycles. The molecule has 2 N–H and O–H groups in total. The van der Waals surface area contributed by atoms with Gasteiger partial charge in [0, 0.05) is 23.7 Å². The summed E-state index contributed by atoms with van der Waals surface area (Å²) in [6.07, 6.45) is 5.07. The molecule has 0 bridgehead atoms. The molecule has 3 aromatic rings. The number of aromatic nitrogens is 4. The summed E-state index contributed by atoms with van der Waals surface area (Å²) in [5.41, 5.74) is 7.94. The topological polar surface area (TPSA) is 72.9 Å². The standard InChI is InChI=1S/C15H18N6S/c1-11(20(2)8-14-7-18-15(16)22-14)12-3-5-13(6-4-12)21-10-17-9-19-21/h3-7,9-11H,8H2,1-2H3,(H2,16,18). The van der Waals surface area contributed by atoms with Crippen LogP contribution in [0.15, 0.2) is 43.1 Å². The van der Waals surface area contributed by atoms with E-state index in [0.717, 1.165) is 12.2 Å². The molecule has 2 heterocycles. The first kappa shape index (κ1) is 14.7. The van der Waals surface area contributed by atoms with Crippen LogP contribution < -0.4 is 5.73 Å². The fourth-order valence-corrected chi connectivity index (χ4v) is 3.03. The van der Waals surface area contributed by atoms with Gasteiger partial charge in [-0.3, -0.25) is 4.90 Å². The molecule has 0 saturated carbocycles. The van der Waals surface area contributed by atoms with Gasteiger partial charge in [-0.1, -0.05) is 12.1 Å². The van der Waals surface area contributed by atoms with Crippen molar-refractivity contribution in [2.45, 2.75) is 19.5 Å². The van der Waals surface area contributed by atoms with E-state index in [0.29, 0.717) is 11.2 Å². The predicted molar refractivity (Wildman–Crippen MR) is 87.8 cm³/mol. The maximum absolute atomic E-state index is 5.68. The highest BCUT2D eigenvalue weighted by Gasteiger charge is 2.13. The first-order valence-electron chi connectivity index (χ1n) is 6.99. The number of nitrogens with zero attached hydrogens (tertiary/aromatic N) is 5. The number of hydrogen-bond acceptors (Lipinski definition) is 6. The Kier molecular flexibility index (Phi) is 4.17. The van der Waals surface area contributed by atoms with Gasteiger partial charge in [0.1, 0.15) is 12.7 Å². The molecule has 0 radical (unpaired) electrons. The molecule has 22 heavy (non-hydrogen) atoms. The van der Waals surface area contributed by atoms with Crippen molar-refractivity contribution in [1.82, 2.24) is 24.6 Å². The molecule has 7 heteroatoms. The Morgan fingerprint density at radius 3 is 2.68 bits per heavy atom. The normalized spacial score (nSPS) is 12.7. The van der Waals surface area contributed by atoms with Gasteiger partial charge >= 0.3 is 0 Å². The van der Waals surface area contributed by atoms with Gasteiger partial charge in [-0.15, -0.1) is 11.3 Å². The number of benzene rings is 1. The molecule has 0 aliphatic rings. The van der Waals surface area contributed by atoms with Crippen LogP contribution in [0.1, 0.15) is 23.4 Å². The lowest BCUT2D eigenvalue weighted by Crippen LogP contribution is -2.21. The average Bonchev–Trinajstić information content (AvgIpc) is 3.18. The highest BCUT2D eigenvalue weighted by molar-refractivity contribution is 7.15. The lowest BCUT2D eigenvalue weighted by Gasteiger charge is -2.24. The van der Waals surface area contributed by atoms with Crippen molar-refractivity contribution in [1.29, 1.82) is 0 Å². The van der Waals surface area contributed by atoms with E-state index < -0.39 is 0 Å². The fourth-order valence-electron chi connectivity index (χ4n) is 2.28. The first-order valence-corrected chi connectivity index (χ1v) is 7.80. The zero-order chi connectivity index (χ0) is 15.5. The summed E-state index contributed by atoms with van der Waals surface area (Å²) >= 11 is 1.54. The van der Waals surface area contributed by atoms with Gasteiger partial charge in [-0.2, -0.15) is 5.10 Å². The minimum atomic E-state index is 0.299. The second-order valence-corrected chi connectivity index (χ2v) is 6.33. The highest BCUT2D eigenvalue weighted by Crippen LogP contribution is 2.24. The third kappa shape index (κ3) is 3.15. The highest BCUT2D eigenvalue weighted by atomic mass is 32.1. The molecule has 0 amide bonds. The van der Waals surface area contributed by atoms with Crippen molar-refractivity contribution >= 4 is 16.5 Å². The number of nitrogen functional groups attached to an aromatic ring is 1. The molecule has 1 unspecified atom stereocenters. The average molecular weight is 314 g/mol. The molecule has 3 rings (SSSR count). The van der Waals surface area contributed by atoms with Crippen molar-refractivity contribution in [3.8, 4) is 5.69 Å². The molecule has 0 spiro atoms. The van der Waals surface area contributed by atoms with Gasteiger partial charge in [0.25, 0.3) is 0 Å². The number of hydrogen-bond donors (Lipinski definition) is 1. The molecule has 114 valence electrons. The van der Waals surface area contributed by atoms with Gasteiger partial charge < -0.3 is 5.73 Å². The van der Waals surface area contributed by atoms with Crippen LogP contribution in [-0.2, 0) is 6.54 Å². The van der Waals surface area contributed by atoms with E-state index in [1.54, 1.807) is 11.0 Å². The van der Waals surface area contributed by atoms with E-state index >= 15 is 0 Å². The summed E-state index contributed by atoms with van der Waals surface area (Å²) < 4.78 is 1.75. The Balaban J connectivity index is 1.70. The van der Waals surface area contributed by atoms with E-state index in [1.165, 1.54) is 28.1 Å². The molecule has 6 nitrogen and oxygen atoms in total. The van der Waals surface area contributed by atoms with Crippen molar-refractivity contribution in [3.05, 3.63) is 53.6 Å². The third-order valence-corrected chi connectivity index (χ3v) is 4.51. The second-order valence-electron chi connectivity index (χ2n) is 5.19. The minimum Gasteiger partial charge on any atom is -0.375 e. The number of nitrogens with two attached hydrogens (primary N) is 1. The first-order chi connectivity index (χ1) is 10.6. The third-order valence-electron chi connectivity index (χ3n) is 3.70. The van der Waals surface area contributed by atoms with Crippen LogP contribution in [0.5, 0.6) is 0 Å².